The van der Waals surface area contributed by atoms with Crippen LogP contribution in [0, 0.1) is 0 Å². The van der Waals surface area contributed by atoms with Gasteiger partial charge in [0.1, 0.15) is 16.5 Å². The van der Waals surface area contributed by atoms with Crippen molar-refractivity contribution in [1.82, 2.24) is 14.8 Å². The lowest BCUT2D eigenvalue weighted by Crippen LogP contribution is -2.19. The Morgan fingerprint density at radius 3 is 3.00 bits per heavy atom. The third kappa shape index (κ3) is 2.32. The van der Waals surface area contributed by atoms with Crippen LogP contribution in [0.2, 0.25) is 0 Å². The molecule has 2 aromatic rings. The number of nitrogens with two attached hydrogens (primary N) is 1. The van der Waals surface area contributed by atoms with Gasteiger partial charge in [0, 0.05) is 12.4 Å². The van der Waals surface area contributed by atoms with E-state index in [1.165, 1.54) is 22.2 Å². The first kappa shape index (κ1) is 11.7. The van der Waals surface area contributed by atoms with Gasteiger partial charge in [-0.1, -0.05) is 12.2 Å². The summed E-state index contributed by atoms with van der Waals surface area (Å²) < 4.78 is 1.50. The average molecular weight is 267 g/mol. The smallest absolute Gasteiger partial charge is 0.276 e. The Bertz CT molecular complexity index is 560. The van der Waals surface area contributed by atoms with Crippen LogP contribution in [0.4, 0.5) is 5.82 Å². The maximum atomic E-state index is 11.8. The number of rotatable bonds is 3. The molecule has 0 aliphatic rings. The van der Waals surface area contributed by atoms with E-state index < -0.39 is 0 Å². The zero-order valence-corrected chi connectivity index (χ0v) is 10.5. The monoisotopic (exact) mass is 267 g/mol. The SMILES string of the molecule is Cn1ncc(C(N)=S)c1NC(=O)c1cscn1. The van der Waals surface area contributed by atoms with Crippen LogP contribution in [0.15, 0.2) is 17.1 Å². The molecule has 2 heterocycles. The van der Waals surface area contributed by atoms with Crippen molar-refractivity contribution in [3.63, 3.8) is 0 Å². The molecule has 0 atom stereocenters. The van der Waals surface area contributed by atoms with Crippen molar-refractivity contribution in [3.05, 3.63) is 28.3 Å². The number of nitrogens with zero attached hydrogens (tertiary/aromatic N) is 3. The number of carbonyl (C=O) groups excluding carboxylic acids is 1. The number of anilines is 1. The molecule has 17 heavy (non-hydrogen) atoms. The molecule has 0 radical (unpaired) electrons. The fourth-order valence-corrected chi connectivity index (χ4v) is 1.94. The van der Waals surface area contributed by atoms with Crippen molar-refractivity contribution in [2.24, 2.45) is 12.8 Å². The summed E-state index contributed by atoms with van der Waals surface area (Å²) in [7, 11) is 1.69. The van der Waals surface area contributed by atoms with E-state index in [4.69, 9.17) is 18.0 Å². The zero-order valence-electron chi connectivity index (χ0n) is 8.88. The van der Waals surface area contributed by atoms with E-state index >= 15 is 0 Å². The number of thiocarbonyl (C=S) groups is 1. The van der Waals surface area contributed by atoms with Gasteiger partial charge in [-0.2, -0.15) is 5.10 Å². The third-order valence-electron chi connectivity index (χ3n) is 2.10. The standard InChI is InChI=1S/C9H9N5OS2/c1-14-8(5(2-12-14)7(10)16)13-9(15)6-3-17-4-11-6/h2-4H,1H3,(H2,10,16)(H,13,15). The second kappa shape index (κ2) is 4.60. The van der Waals surface area contributed by atoms with Gasteiger partial charge in [-0.3, -0.25) is 9.48 Å². The molecule has 2 rings (SSSR count). The molecule has 0 aliphatic carbocycles. The Morgan fingerprint density at radius 2 is 2.41 bits per heavy atom. The predicted molar refractivity (Wildman–Crippen MR) is 69.2 cm³/mol. The van der Waals surface area contributed by atoms with Crippen LogP contribution >= 0.6 is 23.6 Å². The molecule has 0 aliphatic heterocycles. The van der Waals surface area contributed by atoms with Crippen LogP contribution in [0.3, 0.4) is 0 Å². The molecule has 0 fully saturated rings. The molecule has 0 unspecified atom stereocenters. The van der Waals surface area contributed by atoms with E-state index in [0.29, 0.717) is 17.1 Å². The van der Waals surface area contributed by atoms with Gasteiger partial charge in [0.15, 0.2) is 0 Å². The van der Waals surface area contributed by atoms with E-state index in [1.807, 2.05) is 0 Å². The normalized spacial score (nSPS) is 10.2. The van der Waals surface area contributed by atoms with Crippen molar-refractivity contribution in [2.75, 3.05) is 5.32 Å². The molecule has 6 nitrogen and oxygen atoms in total. The molecule has 1 amide bonds. The van der Waals surface area contributed by atoms with E-state index in [0.717, 1.165) is 0 Å². The van der Waals surface area contributed by atoms with Crippen LogP contribution < -0.4 is 11.1 Å². The highest BCUT2D eigenvalue weighted by Gasteiger charge is 2.15. The molecule has 0 spiro atoms. The number of carbonyl (C=O) groups is 1. The minimum absolute atomic E-state index is 0.187. The number of nitrogens with one attached hydrogen (secondary N) is 1. The quantitative estimate of drug-likeness (QED) is 0.802. The maximum Gasteiger partial charge on any atom is 0.276 e. The minimum Gasteiger partial charge on any atom is -0.389 e. The lowest BCUT2D eigenvalue weighted by Gasteiger charge is -2.06. The minimum atomic E-state index is -0.313. The van der Waals surface area contributed by atoms with Crippen LogP contribution in [0.1, 0.15) is 16.1 Å². The second-order valence-electron chi connectivity index (χ2n) is 3.22. The van der Waals surface area contributed by atoms with Crippen LogP contribution in [0.25, 0.3) is 0 Å². The summed E-state index contributed by atoms with van der Waals surface area (Å²) in [6.07, 6.45) is 1.51. The Morgan fingerprint density at radius 1 is 1.65 bits per heavy atom. The molecule has 0 saturated carbocycles. The number of aromatic nitrogens is 3. The molecule has 0 saturated heterocycles. The third-order valence-corrected chi connectivity index (χ3v) is 2.91. The first-order valence-electron chi connectivity index (χ1n) is 4.61. The van der Waals surface area contributed by atoms with Gasteiger partial charge in [0.05, 0.1) is 17.3 Å². The lowest BCUT2D eigenvalue weighted by atomic mass is 10.3. The van der Waals surface area contributed by atoms with Crippen LogP contribution in [-0.4, -0.2) is 25.7 Å². The van der Waals surface area contributed by atoms with E-state index in [2.05, 4.69) is 15.4 Å². The molecule has 8 heteroatoms. The molecular formula is C9H9N5OS2. The molecule has 2 aromatic heterocycles. The van der Waals surface area contributed by atoms with E-state index in [-0.39, 0.29) is 10.9 Å². The van der Waals surface area contributed by atoms with Gasteiger partial charge in [0.2, 0.25) is 0 Å². The second-order valence-corrected chi connectivity index (χ2v) is 4.38. The summed E-state index contributed by atoms with van der Waals surface area (Å²) in [5.41, 5.74) is 8.01. The van der Waals surface area contributed by atoms with E-state index in [1.54, 1.807) is 17.9 Å². The number of aryl methyl sites for hydroxylation is 1. The molecule has 0 aromatic carbocycles. The number of amides is 1. The van der Waals surface area contributed by atoms with Gasteiger partial charge < -0.3 is 11.1 Å². The van der Waals surface area contributed by atoms with Gasteiger partial charge in [-0.15, -0.1) is 11.3 Å². The Hall–Kier alpha value is -1.80. The summed E-state index contributed by atoms with van der Waals surface area (Å²) >= 11 is 6.23. The summed E-state index contributed by atoms with van der Waals surface area (Å²) in [6, 6.07) is 0. The largest absolute Gasteiger partial charge is 0.389 e. The number of hydrogen-bond donors (Lipinski definition) is 2. The van der Waals surface area contributed by atoms with Crippen molar-refractivity contribution in [2.45, 2.75) is 0 Å². The van der Waals surface area contributed by atoms with Crippen LogP contribution in [-0.2, 0) is 7.05 Å². The van der Waals surface area contributed by atoms with Gasteiger partial charge >= 0.3 is 0 Å². The number of hydrogen-bond acceptors (Lipinski definition) is 5. The Kier molecular flexibility index (Phi) is 3.16. The Labute approximate surface area is 106 Å². The molecule has 88 valence electrons. The van der Waals surface area contributed by atoms with Crippen molar-refractivity contribution in [3.8, 4) is 0 Å². The highest BCUT2D eigenvalue weighted by atomic mass is 32.1. The van der Waals surface area contributed by atoms with Gasteiger partial charge in [-0.05, 0) is 0 Å². The lowest BCUT2D eigenvalue weighted by molar-refractivity contribution is 0.102. The number of thiazole rings is 1. The summed E-state index contributed by atoms with van der Waals surface area (Å²) in [5, 5.41) is 8.33. The average Bonchev–Trinajstić information content (AvgIpc) is 2.89. The zero-order chi connectivity index (χ0) is 12.4. The predicted octanol–water partition coefficient (Wildman–Crippen LogP) is 0.763. The molecular weight excluding hydrogens is 258 g/mol. The fraction of sp³-hybridized carbons (Fsp3) is 0.111. The van der Waals surface area contributed by atoms with Crippen molar-refractivity contribution in [1.29, 1.82) is 0 Å². The topological polar surface area (TPSA) is 85.8 Å². The Balaban J connectivity index is 2.27. The summed E-state index contributed by atoms with van der Waals surface area (Å²) in [6.45, 7) is 0. The molecule has 3 N–H and O–H groups in total. The van der Waals surface area contributed by atoms with E-state index in [9.17, 15) is 4.79 Å². The summed E-state index contributed by atoms with van der Waals surface area (Å²) in [5.74, 6) is 0.155. The highest BCUT2D eigenvalue weighted by molar-refractivity contribution is 7.80. The van der Waals surface area contributed by atoms with Gasteiger partial charge in [0.25, 0.3) is 5.91 Å². The van der Waals surface area contributed by atoms with Crippen molar-refractivity contribution >= 4 is 40.3 Å². The van der Waals surface area contributed by atoms with Gasteiger partial charge in [-0.25, -0.2) is 4.98 Å². The summed E-state index contributed by atoms with van der Waals surface area (Å²) in [4.78, 5) is 15.9. The first-order chi connectivity index (χ1) is 8.09. The van der Waals surface area contributed by atoms with Crippen molar-refractivity contribution < 1.29 is 4.79 Å². The highest BCUT2D eigenvalue weighted by Crippen LogP contribution is 2.15. The molecule has 0 bridgehead atoms. The maximum absolute atomic E-state index is 11.8. The fourth-order valence-electron chi connectivity index (χ4n) is 1.26. The first-order valence-corrected chi connectivity index (χ1v) is 5.96. The van der Waals surface area contributed by atoms with Crippen LogP contribution in [0.5, 0.6) is 0 Å².